The quantitative estimate of drug-likeness (QED) is 0.924. The van der Waals surface area contributed by atoms with Crippen LogP contribution in [0.3, 0.4) is 0 Å². The highest BCUT2D eigenvalue weighted by atomic mass is 32.2. The Balaban J connectivity index is 2.17. The molecule has 0 saturated carbocycles. The summed E-state index contributed by atoms with van der Waals surface area (Å²) in [6.45, 7) is 4.54. The topological polar surface area (TPSA) is 59.1 Å². The molecule has 4 nitrogen and oxygen atoms in total. The van der Waals surface area contributed by atoms with Gasteiger partial charge in [0, 0.05) is 17.8 Å². The number of nitrogens with one attached hydrogen (secondary N) is 1. The van der Waals surface area contributed by atoms with Gasteiger partial charge in [0.1, 0.15) is 0 Å². The van der Waals surface area contributed by atoms with Gasteiger partial charge >= 0.3 is 0 Å². The van der Waals surface area contributed by atoms with Gasteiger partial charge in [0.15, 0.2) is 0 Å². The lowest BCUT2D eigenvalue weighted by molar-refractivity contribution is 0.587. The van der Waals surface area contributed by atoms with Gasteiger partial charge in [-0.05, 0) is 23.6 Å². The monoisotopic (exact) mass is 304 g/mol. The van der Waals surface area contributed by atoms with Crippen LogP contribution >= 0.6 is 0 Å². The Hall–Kier alpha value is -1.72. The van der Waals surface area contributed by atoms with E-state index in [1.165, 1.54) is 0 Å². The minimum absolute atomic E-state index is 0.304. The molecule has 1 aromatic carbocycles. The highest BCUT2D eigenvalue weighted by molar-refractivity contribution is 7.88. The molecule has 0 amide bonds. The number of sulfonamides is 1. The van der Waals surface area contributed by atoms with Crippen molar-refractivity contribution < 1.29 is 8.42 Å². The van der Waals surface area contributed by atoms with E-state index in [1.807, 2.05) is 42.5 Å². The van der Waals surface area contributed by atoms with Crippen LogP contribution in [0.2, 0.25) is 0 Å². The molecule has 0 bridgehead atoms. The predicted molar refractivity (Wildman–Crippen MR) is 85.4 cm³/mol. The summed E-state index contributed by atoms with van der Waals surface area (Å²) in [5.41, 5.74) is 3.95. The predicted octanol–water partition coefficient (Wildman–Crippen LogP) is 2.92. The molecule has 0 fully saturated rings. The first-order chi connectivity index (χ1) is 9.85. The second-order valence-electron chi connectivity index (χ2n) is 5.39. The van der Waals surface area contributed by atoms with Crippen molar-refractivity contribution in [1.82, 2.24) is 9.71 Å². The summed E-state index contributed by atoms with van der Waals surface area (Å²) < 4.78 is 24.6. The molecule has 2 rings (SSSR count). The standard InChI is InChI=1S/C16H20N2O2S/c1-12(2)15-5-4-6-16(18-15)14-9-7-13(8-10-14)11-17-21(3,19)20/h4-10,12,17H,11H2,1-3H3. The lowest BCUT2D eigenvalue weighted by Gasteiger charge is -2.08. The van der Waals surface area contributed by atoms with Gasteiger partial charge < -0.3 is 0 Å². The summed E-state index contributed by atoms with van der Waals surface area (Å²) in [4.78, 5) is 4.65. The molecule has 0 spiro atoms. The summed E-state index contributed by atoms with van der Waals surface area (Å²) in [6.07, 6.45) is 1.16. The SMILES string of the molecule is CC(C)c1cccc(-c2ccc(CNS(C)(=O)=O)cc2)n1. The number of pyridine rings is 1. The first-order valence-corrected chi connectivity index (χ1v) is 8.75. The van der Waals surface area contributed by atoms with Gasteiger partial charge in [-0.25, -0.2) is 13.1 Å². The second-order valence-corrected chi connectivity index (χ2v) is 7.23. The lowest BCUT2D eigenvalue weighted by Crippen LogP contribution is -2.21. The minimum Gasteiger partial charge on any atom is -0.253 e. The molecule has 1 aromatic heterocycles. The number of aromatic nitrogens is 1. The van der Waals surface area contributed by atoms with Crippen molar-refractivity contribution in [3.8, 4) is 11.3 Å². The zero-order valence-electron chi connectivity index (χ0n) is 12.5. The van der Waals surface area contributed by atoms with Crippen molar-refractivity contribution >= 4 is 10.0 Å². The molecule has 1 heterocycles. The maximum atomic E-state index is 11.1. The van der Waals surface area contributed by atoms with E-state index in [1.54, 1.807) is 0 Å². The summed E-state index contributed by atoms with van der Waals surface area (Å²) in [6, 6.07) is 13.8. The molecular formula is C16H20N2O2S. The van der Waals surface area contributed by atoms with Crippen LogP contribution in [0.5, 0.6) is 0 Å². The molecule has 0 unspecified atom stereocenters. The Morgan fingerprint density at radius 1 is 1.10 bits per heavy atom. The molecule has 2 aromatic rings. The van der Waals surface area contributed by atoms with Crippen LogP contribution in [-0.4, -0.2) is 19.7 Å². The van der Waals surface area contributed by atoms with E-state index in [2.05, 4.69) is 23.6 Å². The highest BCUT2D eigenvalue weighted by Crippen LogP contribution is 2.20. The fourth-order valence-corrected chi connectivity index (χ4v) is 2.37. The third-order valence-electron chi connectivity index (χ3n) is 3.15. The largest absolute Gasteiger partial charge is 0.253 e. The van der Waals surface area contributed by atoms with Crippen molar-refractivity contribution in [3.63, 3.8) is 0 Å². The average molecular weight is 304 g/mol. The number of benzene rings is 1. The van der Waals surface area contributed by atoms with E-state index in [9.17, 15) is 8.42 Å². The average Bonchev–Trinajstić information content (AvgIpc) is 2.45. The molecule has 0 aliphatic heterocycles. The summed E-state index contributed by atoms with van der Waals surface area (Å²) in [7, 11) is -3.16. The molecule has 1 N–H and O–H groups in total. The molecule has 0 radical (unpaired) electrons. The number of hydrogen-bond donors (Lipinski definition) is 1. The number of nitrogens with zero attached hydrogens (tertiary/aromatic N) is 1. The smallest absolute Gasteiger partial charge is 0.209 e. The van der Waals surface area contributed by atoms with Crippen LogP contribution in [0.25, 0.3) is 11.3 Å². The molecule has 0 aliphatic carbocycles. The van der Waals surface area contributed by atoms with Gasteiger partial charge in [0.2, 0.25) is 10.0 Å². The van der Waals surface area contributed by atoms with Crippen molar-refractivity contribution in [1.29, 1.82) is 0 Å². The molecule has 5 heteroatoms. The minimum atomic E-state index is -3.16. The van der Waals surface area contributed by atoms with E-state index >= 15 is 0 Å². The summed E-state index contributed by atoms with van der Waals surface area (Å²) in [5, 5.41) is 0. The second kappa shape index (κ2) is 6.37. The Bertz CT molecular complexity index is 707. The molecule has 112 valence electrons. The molecular weight excluding hydrogens is 284 g/mol. The van der Waals surface area contributed by atoms with Gasteiger partial charge in [-0.3, -0.25) is 4.98 Å². The van der Waals surface area contributed by atoms with Crippen LogP contribution in [0, 0.1) is 0 Å². The number of rotatable bonds is 5. The van der Waals surface area contributed by atoms with Gasteiger partial charge in [-0.1, -0.05) is 44.2 Å². The van der Waals surface area contributed by atoms with Crippen LogP contribution in [0.1, 0.15) is 31.0 Å². The van der Waals surface area contributed by atoms with E-state index < -0.39 is 10.0 Å². The molecule has 0 saturated heterocycles. The molecule has 0 atom stereocenters. The maximum absolute atomic E-state index is 11.1. The van der Waals surface area contributed by atoms with Crippen molar-refractivity contribution in [2.75, 3.05) is 6.26 Å². The van der Waals surface area contributed by atoms with Crippen LogP contribution in [-0.2, 0) is 16.6 Å². The van der Waals surface area contributed by atoms with E-state index in [0.29, 0.717) is 12.5 Å². The fourth-order valence-electron chi connectivity index (χ4n) is 1.94. The first-order valence-electron chi connectivity index (χ1n) is 6.86. The molecule has 21 heavy (non-hydrogen) atoms. The third-order valence-corrected chi connectivity index (χ3v) is 3.82. The summed E-state index contributed by atoms with van der Waals surface area (Å²) in [5.74, 6) is 0.392. The first kappa shape index (κ1) is 15.7. The van der Waals surface area contributed by atoms with E-state index in [0.717, 1.165) is 28.8 Å². The maximum Gasteiger partial charge on any atom is 0.209 e. The van der Waals surface area contributed by atoms with Crippen LogP contribution in [0.15, 0.2) is 42.5 Å². The zero-order chi connectivity index (χ0) is 15.5. The van der Waals surface area contributed by atoms with E-state index in [4.69, 9.17) is 0 Å². The zero-order valence-corrected chi connectivity index (χ0v) is 13.3. The van der Waals surface area contributed by atoms with Crippen LogP contribution in [0.4, 0.5) is 0 Å². The van der Waals surface area contributed by atoms with Gasteiger partial charge in [-0.15, -0.1) is 0 Å². The Morgan fingerprint density at radius 2 is 1.76 bits per heavy atom. The van der Waals surface area contributed by atoms with Crippen molar-refractivity contribution in [3.05, 3.63) is 53.7 Å². The summed E-state index contributed by atoms with van der Waals surface area (Å²) >= 11 is 0. The van der Waals surface area contributed by atoms with Crippen LogP contribution < -0.4 is 4.72 Å². The van der Waals surface area contributed by atoms with Crippen molar-refractivity contribution in [2.45, 2.75) is 26.3 Å². The van der Waals surface area contributed by atoms with E-state index in [-0.39, 0.29) is 0 Å². The normalized spacial score (nSPS) is 11.8. The lowest BCUT2D eigenvalue weighted by atomic mass is 10.1. The van der Waals surface area contributed by atoms with Gasteiger partial charge in [-0.2, -0.15) is 0 Å². The fraction of sp³-hybridized carbons (Fsp3) is 0.312. The Labute approximate surface area is 126 Å². The van der Waals surface area contributed by atoms with Crippen molar-refractivity contribution in [2.24, 2.45) is 0 Å². The Morgan fingerprint density at radius 3 is 2.33 bits per heavy atom. The Kier molecular flexibility index (Phi) is 4.75. The van der Waals surface area contributed by atoms with Gasteiger partial charge in [0.25, 0.3) is 0 Å². The van der Waals surface area contributed by atoms with Gasteiger partial charge in [0.05, 0.1) is 11.9 Å². The highest BCUT2D eigenvalue weighted by Gasteiger charge is 2.05. The number of hydrogen-bond acceptors (Lipinski definition) is 3. The third kappa shape index (κ3) is 4.65. The molecule has 0 aliphatic rings.